The van der Waals surface area contributed by atoms with Crippen LogP contribution in [0.4, 0.5) is 0 Å². The minimum absolute atomic E-state index is 0.0710. The molecular formula is C24H34N2O3. The third kappa shape index (κ3) is 4.85. The van der Waals surface area contributed by atoms with Crippen LogP contribution in [0.2, 0.25) is 0 Å². The molecule has 1 heterocycles. The van der Waals surface area contributed by atoms with E-state index in [1.807, 2.05) is 21.0 Å². The Morgan fingerprint density at radius 3 is 2.41 bits per heavy atom. The van der Waals surface area contributed by atoms with E-state index in [0.717, 1.165) is 36.8 Å². The van der Waals surface area contributed by atoms with Crippen LogP contribution >= 0.6 is 0 Å². The molecule has 0 saturated heterocycles. The molecule has 1 aliphatic rings. The molecule has 0 aliphatic carbocycles. The first-order valence-corrected chi connectivity index (χ1v) is 10.4. The maximum absolute atomic E-state index is 6.08. The highest BCUT2D eigenvalue weighted by Crippen LogP contribution is 2.40. The summed E-state index contributed by atoms with van der Waals surface area (Å²) in [4.78, 5) is 2.11. The van der Waals surface area contributed by atoms with Crippen molar-refractivity contribution < 1.29 is 14.2 Å². The van der Waals surface area contributed by atoms with E-state index in [1.165, 1.54) is 27.8 Å². The molecule has 0 radical (unpaired) electrons. The second kappa shape index (κ2) is 9.51. The number of nitrogens with one attached hydrogen (secondary N) is 1. The predicted molar refractivity (Wildman–Crippen MR) is 118 cm³/mol. The third-order valence-corrected chi connectivity index (χ3v) is 5.51. The maximum atomic E-state index is 6.08. The quantitative estimate of drug-likeness (QED) is 0.731. The highest BCUT2D eigenvalue weighted by atomic mass is 16.5. The Labute approximate surface area is 175 Å². The summed E-state index contributed by atoms with van der Waals surface area (Å²) in [6.45, 7) is 9.36. The zero-order chi connectivity index (χ0) is 21.0. The van der Waals surface area contributed by atoms with E-state index in [2.05, 4.69) is 48.3 Å². The molecular weight excluding hydrogens is 364 g/mol. The molecule has 0 saturated carbocycles. The lowest BCUT2D eigenvalue weighted by Gasteiger charge is -2.30. The number of ether oxygens (including phenoxy) is 3. The average Bonchev–Trinajstić information content (AvgIpc) is 2.69. The molecule has 0 bridgehead atoms. The summed E-state index contributed by atoms with van der Waals surface area (Å²) in [5.74, 6) is 2.55. The number of aryl methyl sites for hydroxylation is 2. The van der Waals surface area contributed by atoms with Gasteiger partial charge in [0.25, 0.3) is 0 Å². The Morgan fingerprint density at radius 2 is 1.72 bits per heavy atom. The zero-order valence-corrected chi connectivity index (χ0v) is 18.6. The summed E-state index contributed by atoms with van der Waals surface area (Å²) in [5, 5.41) is 3.69. The van der Waals surface area contributed by atoms with Gasteiger partial charge < -0.3 is 24.4 Å². The normalized spacial score (nSPS) is 15.9. The maximum Gasteiger partial charge on any atom is 0.161 e. The molecule has 1 unspecified atom stereocenters. The number of rotatable bonds is 8. The summed E-state index contributed by atoms with van der Waals surface area (Å²) in [7, 11) is 5.79. The van der Waals surface area contributed by atoms with Crippen molar-refractivity contribution in [2.45, 2.75) is 33.2 Å². The van der Waals surface area contributed by atoms with Crippen LogP contribution in [0.5, 0.6) is 17.2 Å². The summed E-state index contributed by atoms with van der Waals surface area (Å²) in [6, 6.07) is 8.76. The fourth-order valence-electron chi connectivity index (χ4n) is 3.77. The molecule has 3 rings (SSSR count). The standard InChI is InChI=1S/C24H34N2O3/c1-7-28-21-13-17(3)16(2)12-20(21)24-19-15-23(29-11-10-26(4)5)22(27-6)14-18(19)8-9-25-24/h12-15,24-25H,7-11H2,1-6H3. The van der Waals surface area contributed by atoms with Crippen molar-refractivity contribution in [2.24, 2.45) is 0 Å². The minimum atomic E-state index is 0.0710. The van der Waals surface area contributed by atoms with E-state index >= 15 is 0 Å². The highest BCUT2D eigenvalue weighted by molar-refractivity contribution is 5.54. The Kier molecular flexibility index (Phi) is 7.04. The van der Waals surface area contributed by atoms with Gasteiger partial charge >= 0.3 is 0 Å². The Morgan fingerprint density at radius 1 is 0.966 bits per heavy atom. The van der Waals surface area contributed by atoms with Gasteiger partial charge in [-0.25, -0.2) is 0 Å². The van der Waals surface area contributed by atoms with Crippen molar-refractivity contribution >= 4 is 0 Å². The van der Waals surface area contributed by atoms with Crippen LogP contribution in [0.25, 0.3) is 0 Å². The van der Waals surface area contributed by atoms with Gasteiger partial charge in [0.15, 0.2) is 11.5 Å². The number of hydrogen-bond donors (Lipinski definition) is 1. The summed E-state index contributed by atoms with van der Waals surface area (Å²) < 4.78 is 17.7. The van der Waals surface area contributed by atoms with Gasteiger partial charge in [0.2, 0.25) is 0 Å². The van der Waals surface area contributed by atoms with Crippen molar-refractivity contribution in [3.63, 3.8) is 0 Å². The van der Waals surface area contributed by atoms with Gasteiger partial charge in [-0.1, -0.05) is 6.07 Å². The largest absolute Gasteiger partial charge is 0.494 e. The molecule has 5 heteroatoms. The summed E-state index contributed by atoms with van der Waals surface area (Å²) in [6.07, 6.45) is 0.967. The molecule has 29 heavy (non-hydrogen) atoms. The van der Waals surface area contributed by atoms with E-state index in [9.17, 15) is 0 Å². The van der Waals surface area contributed by atoms with Crippen LogP contribution in [0.3, 0.4) is 0 Å². The van der Waals surface area contributed by atoms with Crippen LogP contribution in [-0.2, 0) is 6.42 Å². The number of fused-ring (bicyclic) bond motifs is 1. The first-order chi connectivity index (χ1) is 13.9. The Hall–Kier alpha value is -2.24. The highest BCUT2D eigenvalue weighted by Gasteiger charge is 2.27. The van der Waals surface area contributed by atoms with E-state index in [-0.39, 0.29) is 6.04 Å². The Bertz CT molecular complexity index is 849. The number of hydrogen-bond acceptors (Lipinski definition) is 5. The number of benzene rings is 2. The molecule has 1 atom stereocenters. The van der Waals surface area contributed by atoms with Crippen molar-refractivity contribution in [2.75, 3.05) is 47.5 Å². The molecule has 158 valence electrons. The van der Waals surface area contributed by atoms with E-state index < -0.39 is 0 Å². The molecule has 2 aromatic carbocycles. The second-order valence-corrected chi connectivity index (χ2v) is 7.90. The molecule has 0 aromatic heterocycles. The molecule has 0 fully saturated rings. The topological polar surface area (TPSA) is 43.0 Å². The number of likely N-dealkylation sites (N-methyl/N-ethyl adjacent to an activating group) is 1. The van der Waals surface area contributed by atoms with E-state index in [1.54, 1.807) is 7.11 Å². The van der Waals surface area contributed by atoms with Crippen LogP contribution < -0.4 is 19.5 Å². The minimum Gasteiger partial charge on any atom is -0.494 e. The van der Waals surface area contributed by atoms with Gasteiger partial charge in [-0.2, -0.15) is 0 Å². The molecule has 0 amide bonds. The smallest absolute Gasteiger partial charge is 0.161 e. The van der Waals surface area contributed by atoms with Crippen LogP contribution in [-0.4, -0.2) is 52.4 Å². The van der Waals surface area contributed by atoms with Gasteiger partial charge in [-0.3, -0.25) is 0 Å². The lowest BCUT2D eigenvalue weighted by Crippen LogP contribution is -2.31. The number of nitrogens with zero attached hydrogens (tertiary/aromatic N) is 1. The second-order valence-electron chi connectivity index (χ2n) is 7.90. The molecule has 1 N–H and O–H groups in total. The molecule has 1 aliphatic heterocycles. The lowest BCUT2D eigenvalue weighted by molar-refractivity contribution is 0.250. The fourth-order valence-corrected chi connectivity index (χ4v) is 3.77. The van der Waals surface area contributed by atoms with Gasteiger partial charge in [-0.15, -0.1) is 0 Å². The first-order valence-electron chi connectivity index (χ1n) is 10.4. The average molecular weight is 399 g/mol. The zero-order valence-electron chi connectivity index (χ0n) is 18.6. The number of methoxy groups -OCH3 is 1. The lowest BCUT2D eigenvalue weighted by atomic mass is 9.87. The van der Waals surface area contributed by atoms with Gasteiger partial charge in [-0.05, 0) is 81.7 Å². The van der Waals surface area contributed by atoms with Crippen LogP contribution in [0.1, 0.15) is 40.8 Å². The van der Waals surface area contributed by atoms with Crippen LogP contribution in [0.15, 0.2) is 24.3 Å². The Balaban J connectivity index is 2.02. The molecule has 5 nitrogen and oxygen atoms in total. The van der Waals surface area contributed by atoms with E-state index in [0.29, 0.717) is 13.2 Å². The van der Waals surface area contributed by atoms with Gasteiger partial charge in [0, 0.05) is 18.7 Å². The van der Waals surface area contributed by atoms with Crippen molar-refractivity contribution in [1.29, 1.82) is 0 Å². The summed E-state index contributed by atoms with van der Waals surface area (Å²) >= 11 is 0. The van der Waals surface area contributed by atoms with E-state index in [4.69, 9.17) is 14.2 Å². The monoisotopic (exact) mass is 398 g/mol. The van der Waals surface area contributed by atoms with Crippen molar-refractivity contribution in [3.05, 3.63) is 52.1 Å². The SMILES string of the molecule is CCOc1cc(C)c(C)cc1C1NCCc2cc(OC)c(OCCN(C)C)cc21. The van der Waals surface area contributed by atoms with Gasteiger partial charge in [0.1, 0.15) is 12.4 Å². The van der Waals surface area contributed by atoms with Gasteiger partial charge in [0.05, 0.1) is 19.8 Å². The van der Waals surface area contributed by atoms with Crippen molar-refractivity contribution in [3.8, 4) is 17.2 Å². The molecule has 2 aromatic rings. The third-order valence-electron chi connectivity index (χ3n) is 5.51. The molecule has 0 spiro atoms. The summed E-state index contributed by atoms with van der Waals surface area (Å²) in [5.41, 5.74) is 6.23. The van der Waals surface area contributed by atoms with Crippen molar-refractivity contribution in [1.82, 2.24) is 10.2 Å². The predicted octanol–water partition coefficient (Wildman–Crippen LogP) is 3.89. The van der Waals surface area contributed by atoms with Crippen LogP contribution in [0, 0.1) is 13.8 Å². The first kappa shape index (κ1) is 21.5. The fraction of sp³-hybridized carbons (Fsp3) is 0.500.